The van der Waals surface area contributed by atoms with Crippen LogP contribution >= 0.6 is 0 Å². The molecule has 154 valence electrons. The minimum atomic E-state index is 0.0932. The number of hydrogen-bond donors (Lipinski definition) is 2. The van der Waals surface area contributed by atoms with Crippen molar-refractivity contribution in [2.24, 2.45) is 0 Å². The van der Waals surface area contributed by atoms with Crippen LogP contribution in [0.1, 0.15) is 109 Å². The molecular formula is C23H40N2O2. The number of amides is 1. The van der Waals surface area contributed by atoms with E-state index in [9.17, 15) is 4.79 Å². The molecule has 5 rings (SSSR count). The maximum absolute atomic E-state index is 12.4. The highest BCUT2D eigenvalue weighted by Crippen LogP contribution is 2.60. The molecule has 0 saturated heterocycles. The van der Waals surface area contributed by atoms with Gasteiger partial charge in [-0.05, 0) is 44.9 Å². The van der Waals surface area contributed by atoms with E-state index in [1.165, 1.54) is 77.0 Å². The summed E-state index contributed by atoms with van der Waals surface area (Å²) in [5, 5.41) is 7.28. The summed E-state index contributed by atoms with van der Waals surface area (Å²) in [4.78, 5) is 12.4. The Morgan fingerprint density at radius 1 is 0.741 bits per heavy atom. The van der Waals surface area contributed by atoms with Crippen molar-refractivity contribution in [3.05, 3.63) is 0 Å². The van der Waals surface area contributed by atoms with Gasteiger partial charge in [0.25, 0.3) is 0 Å². The van der Waals surface area contributed by atoms with E-state index in [4.69, 9.17) is 4.74 Å². The summed E-state index contributed by atoms with van der Waals surface area (Å²) in [7, 11) is 0. The summed E-state index contributed by atoms with van der Waals surface area (Å²) in [6.45, 7) is 0.259. The Morgan fingerprint density at radius 3 is 1.85 bits per heavy atom. The first kappa shape index (κ1) is 19.7. The first-order valence-corrected chi connectivity index (χ1v) is 11.9. The van der Waals surface area contributed by atoms with Crippen LogP contribution in [0.3, 0.4) is 0 Å². The van der Waals surface area contributed by atoms with E-state index in [2.05, 4.69) is 10.6 Å². The van der Waals surface area contributed by atoms with Crippen molar-refractivity contribution in [2.45, 2.75) is 132 Å². The van der Waals surface area contributed by atoms with E-state index >= 15 is 0 Å². The standard InChI is InChI=1S/C23H40N2O2/c26-21(15-27-20-13-9-5-2-6-10-14-20)25-23-16-22(17-23,18-23)24-19-11-7-3-1-4-8-12-19/h19-20,24H,1-18H2,(H,25,26). The van der Waals surface area contributed by atoms with Gasteiger partial charge in [-0.2, -0.15) is 0 Å². The molecule has 0 unspecified atom stereocenters. The lowest BCUT2D eigenvalue weighted by Gasteiger charge is -2.71. The van der Waals surface area contributed by atoms with Gasteiger partial charge in [-0.1, -0.05) is 64.2 Å². The average Bonchev–Trinajstić information content (AvgIpc) is 2.52. The second-order valence-electron chi connectivity index (χ2n) is 10.1. The number of nitrogens with one attached hydrogen (secondary N) is 2. The van der Waals surface area contributed by atoms with E-state index in [-0.39, 0.29) is 18.1 Å². The van der Waals surface area contributed by atoms with Crippen molar-refractivity contribution in [2.75, 3.05) is 6.61 Å². The Hall–Kier alpha value is -0.610. The largest absolute Gasteiger partial charge is 0.368 e. The third-order valence-corrected chi connectivity index (χ3v) is 7.55. The predicted octanol–water partition coefficient (Wildman–Crippen LogP) is 4.61. The van der Waals surface area contributed by atoms with E-state index < -0.39 is 0 Å². The monoisotopic (exact) mass is 376 g/mol. The van der Waals surface area contributed by atoms with E-state index in [0.717, 1.165) is 32.1 Å². The quantitative estimate of drug-likeness (QED) is 0.712. The summed E-state index contributed by atoms with van der Waals surface area (Å²) in [5.41, 5.74) is 0.438. The molecule has 5 saturated carbocycles. The van der Waals surface area contributed by atoms with E-state index in [1.807, 2.05) is 0 Å². The maximum atomic E-state index is 12.4. The predicted molar refractivity (Wildman–Crippen MR) is 109 cm³/mol. The van der Waals surface area contributed by atoms with Crippen LogP contribution in [-0.2, 0) is 9.53 Å². The Kier molecular flexibility index (Phi) is 6.43. The van der Waals surface area contributed by atoms with Gasteiger partial charge in [0.1, 0.15) is 6.61 Å². The molecule has 5 fully saturated rings. The molecule has 4 nitrogen and oxygen atoms in total. The van der Waals surface area contributed by atoms with Crippen molar-refractivity contribution >= 4 is 5.91 Å². The van der Waals surface area contributed by atoms with Gasteiger partial charge in [0.15, 0.2) is 0 Å². The molecule has 4 heteroatoms. The van der Waals surface area contributed by atoms with Crippen LogP contribution < -0.4 is 10.6 Å². The molecule has 2 N–H and O–H groups in total. The minimum absolute atomic E-state index is 0.0932. The number of ether oxygens (including phenoxy) is 1. The second kappa shape index (κ2) is 8.82. The minimum Gasteiger partial charge on any atom is -0.368 e. The molecular weight excluding hydrogens is 336 g/mol. The highest BCUT2D eigenvalue weighted by atomic mass is 16.5. The average molecular weight is 377 g/mol. The second-order valence-corrected chi connectivity index (χ2v) is 10.1. The fourth-order valence-corrected chi connectivity index (χ4v) is 6.22. The molecule has 5 aliphatic carbocycles. The summed E-state index contributed by atoms with van der Waals surface area (Å²) in [5.74, 6) is 0.108. The van der Waals surface area contributed by atoms with Crippen LogP contribution in [0.25, 0.3) is 0 Å². The Morgan fingerprint density at radius 2 is 1.26 bits per heavy atom. The van der Waals surface area contributed by atoms with Crippen LogP contribution in [0.2, 0.25) is 0 Å². The zero-order valence-corrected chi connectivity index (χ0v) is 17.2. The van der Waals surface area contributed by atoms with Gasteiger partial charge in [-0.25, -0.2) is 0 Å². The highest BCUT2D eigenvalue weighted by Gasteiger charge is 2.68. The molecule has 0 spiro atoms. The molecule has 1 amide bonds. The van der Waals surface area contributed by atoms with E-state index in [0.29, 0.717) is 17.7 Å². The molecule has 0 aromatic heterocycles. The van der Waals surface area contributed by atoms with Crippen LogP contribution in [0, 0.1) is 0 Å². The zero-order valence-electron chi connectivity index (χ0n) is 17.2. The molecule has 5 aliphatic rings. The van der Waals surface area contributed by atoms with E-state index in [1.54, 1.807) is 0 Å². The SMILES string of the molecule is O=C(COC1CCCCCCC1)NC12CC(NC3CCCCCCC3)(C1)C2. The number of rotatable bonds is 6. The first-order valence-electron chi connectivity index (χ1n) is 11.9. The number of carbonyl (C=O) groups excluding carboxylic acids is 1. The molecule has 0 aromatic rings. The molecule has 0 aromatic carbocycles. The van der Waals surface area contributed by atoms with Crippen LogP contribution in [0.15, 0.2) is 0 Å². The molecule has 0 aliphatic heterocycles. The summed E-state index contributed by atoms with van der Waals surface area (Å²) in [6.07, 6.45) is 22.2. The van der Waals surface area contributed by atoms with Gasteiger partial charge >= 0.3 is 0 Å². The van der Waals surface area contributed by atoms with Crippen molar-refractivity contribution in [3.63, 3.8) is 0 Å². The first-order chi connectivity index (χ1) is 13.2. The number of carbonyl (C=O) groups is 1. The van der Waals surface area contributed by atoms with Crippen LogP contribution in [0.5, 0.6) is 0 Å². The van der Waals surface area contributed by atoms with Gasteiger partial charge in [0.2, 0.25) is 5.91 Å². The van der Waals surface area contributed by atoms with Gasteiger partial charge in [0, 0.05) is 17.1 Å². The van der Waals surface area contributed by atoms with Crippen molar-refractivity contribution in [1.82, 2.24) is 10.6 Å². The lowest BCUT2D eigenvalue weighted by Crippen LogP contribution is -2.84. The fraction of sp³-hybridized carbons (Fsp3) is 0.957. The molecule has 0 atom stereocenters. The highest BCUT2D eigenvalue weighted by molar-refractivity contribution is 5.79. The lowest BCUT2D eigenvalue weighted by atomic mass is 9.44. The Labute approximate surface area is 165 Å². The normalized spacial score (nSPS) is 35.7. The Balaban J connectivity index is 1.14. The summed E-state index contributed by atoms with van der Waals surface area (Å²) in [6, 6.07) is 0.710. The smallest absolute Gasteiger partial charge is 0.246 e. The molecule has 27 heavy (non-hydrogen) atoms. The zero-order chi connectivity index (χ0) is 18.6. The maximum Gasteiger partial charge on any atom is 0.246 e. The third-order valence-electron chi connectivity index (χ3n) is 7.55. The fourth-order valence-electron chi connectivity index (χ4n) is 6.22. The van der Waals surface area contributed by atoms with Gasteiger partial charge in [-0.3, -0.25) is 4.79 Å². The van der Waals surface area contributed by atoms with Gasteiger partial charge < -0.3 is 15.4 Å². The van der Waals surface area contributed by atoms with Gasteiger partial charge in [-0.15, -0.1) is 0 Å². The van der Waals surface area contributed by atoms with Crippen molar-refractivity contribution < 1.29 is 9.53 Å². The molecule has 0 radical (unpaired) electrons. The van der Waals surface area contributed by atoms with Crippen molar-refractivity contribution in [1.29, 1.82) is 0 Å². The topological polar surface area (TPSA) is 50.4 Å². The number of hydrogen-bond acceptors (Lipinski definition) is 3. The summed E-state index contributed by atoms with van der Waals surface area (Å²) >= 11 is 0. The summed E-state index contributed by atoms with van der Waals surface area (Å²) < 4.78 is 5.96. The third kappa shape index (κ3) is 5.06. The lowest BCUT2D eigenvalue weighted by molar-refractivity contribution is -0.149. The molecule has 2 bridgehead atoms. The van der Waals surface area contributed by atoms with Crippen LogP contribution in [0.4, 0.5) is 0 Å². The van der Waals surface area contributed by atoms with Crippen LogP contribution in [-0.4, -0.2) is 35.7 Å². The van der Waals surface area contributed by atoms with Crippen molar-refractivity contribution in [3.8, 4) is 0 Å². The molecule has 0 heterocycles. The Bertz CT molecular complexity index is 471. The van der Waals surface area contributed by atoms with Gasteiger partial charge in [0.05, 0.1) is 6.10 Å².